The molecule has 0 heterocycles. The molecule has 0 amide bonds. The number of esters is 1. The summed E-state index contributed by atoms with van der Waals surface area (Å²) in [7, 11) is -2.04. The number of ether oxygens (including phenoxy) is 1. The quantitative estimate of drug-likeness (QED) is 0.747. The lowest BCUT2D eigenvalue weighted by Crippen LogP contribution is -2.23. The molecule has 17 heavy (non-hydrogen) atoms. The van der Waals surface area contributed by atoms with E-state index in [9.17, 15) is 13.2 Å². The smallest absolute Gasteiger partial charge is 0.309 e. The van der Waals surface area contributed by atoms with Crippen molar-refractivity contribution in [1.29, 1.82) is 0 Å². The first kappa shape index (κ1) is 13.7. The monoisotopic (exact) mass is 256 g/mol. The minimum absolute atomic E-state index is 0.0465. The first-order chi connectivity index (χ1) is 7.94. The Hall–Kier alpha value is -1.36. The second kappa shape index (κ2) is 5.82. The topological polar surface area (TPSA) is 60.4 Å². The molecule has 0 radical (unpaired) electrons. The van der Waals surface area contributed by atoms with Gasteiger partial charge in [0.05, 0.1) is 24.5 Å². The molecule has 0 aliphatic carbocycles. The number of sulfone groups is 1. The summed E-state index contributed by atoms with van der Waals surface area (Å²) in [5.41, 5.74) is 0.726. The van der Waals surface area contributed by atoms with Crippen molar-refractivity contribution in [2.75, 3.05) is 12.9 Å². The molecule has 1 atom stereocenters. The van der Waals surface area contributed by atoms with Gasteiger partial charge in [-0.05, 0) is 5.56 Å². The third-order valence-electron chi connectivity index (χ3n) is 2.34. The molecule has 0 spiro atoms. The minimum atomic E-state index is -3.29. The normalized spacial score (nSPS) is 13.1. The van der Waals surface area contributed by atoms with Crippen molar-refractivity contribution in [1.82, 2.24) is 0 Å². The molecule has 0 aromatic heterocycles. The van der Waals surface area contributed by atoms with E-state index in [0.29, 0.717) is 0 Å². The zero-order valence-electron chi connectivity index (χ0n) is 9.92. The molecule has 0 saturated heterocycles. The highest BCUT2D eigenvalue weighted by atomic mass is 32.2. The van der Waals surface area contributed by atoms with E-state index < -0.39 is 21.7 Å². The van der Waals surface area contributed by atoms with Crippen LogP contribution in [-0.2, 0) is 25.1 Å². The van der Waals surface area contributed by atoms with Gasteiger partial charge in [0.1, 0.15) is 0 Å². The fourth-order valence-electron chi connectivity index (χ4n) is 1.54. The number of rotatable bonds is 5. The van der Waals surface area contributed by atoms with Gasteiger partial charge in [0.15, 0.2) is 9.84 Å². The van der Waals surface area contributed by atoms with Gasteiger partial charge in [-0.3, -0.25) is 4.79 Å². The fourth-order valence-corrected chi connectivity index (χ4v) is 3.25. The van der Waals surface area contributed by atoms with E-state index in [2.05, 4.69) is 4.74 Å². The predicted molar refractivity (Wildman–Crippen MR) is 65.1 cm³/mol. The van der Waals surface area contributed by atoms with E-state index in [1.165, 1.54) is 7.11 Å². The van der Waals surface area contributed by atoms with Crippen LogP contribution < -0.4 is 0 Å². The molecule has 1 unspecified atom stereocenters. The van der Waals surface area contributed by atoms with Crippen LogP contribution in [0.1, 0.15) is 12.5 Å². The Bertz CT molecular complexity index is 465. The largest absolute Gasteiger partial charge is 0.469 e. The molecule has 0 bridgehead atoms. The van der Waals surface area contributed by atoms with Crippen LogP contribution in [0, 0.1) is 5.92 Å². The lowest BCUT2D eigenvalue weighted by atomic mass is 10.2. The number of methoxy groups -OCH3 is 1. The molecule has 1 aromatic carbocycles. The van der Waals surface area contributed by atoms with Gasteiger partial charge in [-0.1, -0.05) is 37.3 Å². The van der Waals surface area contributed by atoms with Crippen molar-refractivity contribution in [3.05, 3.63) is 35.9 Å². The minimum Gasteiger partial charge on any atom is -0.469 e. The Morgan fingerprint density at radius 3 is 2.41 bits per heavy atom. The maximum atomic E-state index is 11.8. The second-order valence-corrected chi connectivity index (χ2v) is 6.07. The van der Waals surface area contributed by atoms with Crippen LogP contribution >= 0.6 is 0 Å². The Balaban J connectivity index is 2.67. The van der Waals surface area contributed by atoms with Gasteiger partial charge in [0.25, 0.3) is 0 Å². The second-order valence-electron chi connectivity index (χ2n) is 3.96. The molecular weight excluding hydrogens is 240 g/mol. The van der Waals surface area contributed by atoms with E-state index in [1.807, 2.05) is 6.07 Å². The van der Waals surface area contributed by atoms with Gasteiger partial charge in [0, 0.05) is 0 Å². The van der Waals surface area contributed by atoms with Crippen molar-refractivity contribution >= 4 is 15.8 Å². The molecule has 5 heteroatoms. The van der Waals surface area contributed by atoms with Gasteiger partial charge in [-0.25, -0.2) is 8.42 Å². The third kappa shape index (κ3) is 4.56. The number of hydrogen-bond acceptors (Lipinski definition) is 4. The summed E-state index contributed by atoms with van der Waals surface area (Å²) in [5.74, 6) is -1.36. The van der Waals surface area contributed by atoms with Crippen molar-refractivity contribution in [3.8, 4) is 0 Å². The summed E-state index contributed by atoms with van der Waals surface area (Å²) in [4.78, 5) is 11.2. The average Bonchev–Trinajstić information content (AvgIpc) is 2.27. The zero-order valence-corrected chi connectivity index (χ0v) is 10.7. The zero-order chi connectivity index (χ0) is 12.9. The molecule has 0 aliphatic rings. The predicted octanol–water partition coefficient (Wildman–Crippen LogP) is 1.41. The molecule has 0 N–H and O–H groups in total. The Kier molecular flexibility index (Phi) is 4.69. The number of hydrogen-bond donors (Lipinski definition) is 0. The fraction of sp³-hybridized carbons (Fsp3) is 0.417. The number of carbonyl (C=O) groups is 1. The summed E-state index contributed by atoms with van der Waals surface area (Å²) < 4.78 is 28.2. The molecule has 0 fully saturated rings. The Labute approximate surface area is 102 Å². The van der Waals surface area contributed by atoms with Crippen molar-refractivity contribution in [2.45, 2.75) is 12.7 Å². The van der Waals surface area contributed by atoms with Gasteiger partial charge in [-0.2, -0.15) is 0 Å². The molecule has 1 rings (SSSR count). The van der Waals surface area contributed by atoms with Gasteiger partial charge < -0.3 is 4.74 Å². The van der Waals surface area contributed by atoms with Crippen LogP contribution in [0.3, 0.4) is 0 Å². The SMILES string of the molecule is COC(=O)C(C)CS(=O)(=O)Cc1ccccc1. The summed E-state index contributed by atoms with van der Waals surface area (Å²) in [6, 6.07) is 8.90. The van der Waals surface area contributed by atoms with Crippen LogP contribution in [0.15, 0.2) is 30.3 Å². The molecule has 4 nitrogen and oxygen atoms in total. The Morgan fingerprint density at radius 1 is 1.29 bits per heavy atom. The van der Waals surface area contributed by atoms with Crippen molar-refractivity contribution in [2.24, 2.45) is 5.92 Å². The van der Waals surface area contributed by atoms with Crippen molar-refractivity contribution in [3.63, 3.8) is 0 Å². The molecule has 0 saturated carbocycles. The van der Waals surface area contributed by atoms with E-state index in [0.717, 1.165) is 5.56 Å². The van der Waals surface area contributed by atoms with Crippen LogP contribution in [0.5, 0.6) is 0 Å². The summed E-state index contributed by atoms with van der Waals surface area (Å²) in [6.45, 7) is 1.55. The van der Waals surface area contributed by atoms with Crippen LogP contribution in [0.2, 0.25) is 0 Å². The Morgan fingerprint density at radius 2 is 1.88 bits per heavy atom. The summed E-state index contributed by atoms with van der Waals surface area (Å²) in [5, 5.41) is 0. The lowest BCUT2D eigenvalue weighted by Gasteiger charge is -2.09. The van der Waals surface area contributed by atoms with Crippen LogP contribution in [0.4, 0.5) is 0 Å². The van der Waals surface area contributed by atoms with E-state index in [1.54, 1.807) is 31.2 Å². The van der Waals surface area contributed by atoms with E-state index in [-0.39, 0.29) is 11.5 Å². The van der Waals surface area contributed by atoms with Gasteiger partial charge >= 0.3 is 5.97 Å². The maximum absolute atomic E-state index is 11.8. The maximum Gasteiger partial charge on any atom is 0.309 e. The van der Waals surface area contributed by atoms with E-state index in [4.69, 9.17) is 0 Å². The average molecular weight is 256 g/mol. The standard InChI is InChI=1S/C12H16O4S/c1-10(12(13)16-2)8-17(14,15)9-11-6-4-3-5-7-11/h3-7,10H,8-9H2,1-2H3. The first-order valence-electron chi connectivity index (χ1n) is 5.27. The lowest BCUT2D eigenvalue weighted by molar-refractivity contribution is -0.144. The number of benzene rings is 1. The van der Waals surface area contributed by atoms with Crippen LogP contribution in [-0.4, -0.2) is 27.2 Å². The number of carbonyl (C=O) groups excluding carboxylic acids is 1. The highest BCUT2D eigenvalue weighted by Crippen LogP contribution is 2.10. The molecule has 94 valence electrons. The highest BCUT2D eigenvalue weighted by molar-refractivity contribution is 7.90. The van der Waals surface area contributed by atoms with Gasteiger partial charge in [-0.15, -0.1) is 0 Å². The summed E-state index contributed by atoms with van der Waals surface area (Å²) >= 11 is 0. The molecular formula is C12H16O4S. The van der Waals surface area contributed by atoms with E-state index >= 15 is 0 Å². The molecule has 1 aromatic rings. The van der Waals surface area contributed by atoms with Gasteiger partial charge in [0.2, 0.25) is 0 Å². The first-order valence-corrected chi connectivity index (χ1v) is 7.09. The summed E-state index contributed by atoms with van der Waals surface area (Å²) in [6.07, 6.45) is 0. The van der Waals surface area contributed by atoms with Crippen molar-refractivity contribution < 1.29 is 17.9 Å². The third-order valence-corrected chi connectivity index (χ3v) is 4.12. The molecule has 0 aliphatic heterocycles. The highest BCUT2D eigenvalue weighted by Gasteiger charge is 2.22. The van der Waals surface area contributed by atoms with Crippen LogP contribution in [0.25, 0.3) is 0 Å².